The van der Waals surface area contributed by atoms with Crippen molar-refractivity contribution in [3.05, 3.63) is 98.6 Å². The molecular formula is C26H16ClN3O6S. The van der Waals surface area contributed by atoms with Gasteiger partial charge in [0.15, 0.2) is 0 Å². The third-order valence-corrected chi connectivity index (χ3v) is 6.80. The van der Waals surface area contributed by atoms with Gasteiger partial charge in [-0.25, -0.2) is 0 Å². The van der Waals surface area contributed by atoms with Gasteiger partial charge in [-0.1, -0.05) is 48.0 Å². The molecule has 1 fully saturated rings. The molecule has 1 N–H and O–H groups in total. The van der Waals surface area contributed by atoms with Crippen molar-refractivity contribution in [2.75, 3.05) is 11.9 Å². The van der Waals surface area contributed by atoms with E-state index in [4.69, 9.17) is 16.0 Å². The molecule has 3 amide bonds. The van der Waals surface area contributed by atoms with Crippen molar-refractivity contribution in [1.29, 1.82) is 0 Å². The Hall–Kier alpha value is -4.41. The number of hydrogen-bond donors (Lipinski definition) is 1. The van der Waals surface area contributed by atoms with E-state index in [1.807, 2.05) is 30.3 Å². The van der Waals surface area contributed by atoms with Crippen molar-refractivity contribution >= 4 is 68.6 Å². The minimum Gasteiger partial charge on any atom is -0.457 e. The zero-order chi connectivity index (χ0) is 26.1. The predicted molar refractivity (Wildman–Crippen MR) is 141 cm³/mol. The summed E-state index contributed by atoms with van der Waals surface area (Å²) in [5, 5.41) is 15.3. The Labute approximate surface area is 218 Å². The maximum atomic E-state index is 12.9. The van der Waals surface area contributed by atoms with Gasteiger partial charge in [0.05, 0.1) is 14.9 Å². The molecule has 184 valence electrons. The lowest BCUT2D eigenvalue weighted by Crippen LogP contribution is -2.36. The number of benzene rings is 3. The van der Waals surface area contributed by atoms with Crippen LogP contribution >= 0.6 is 23.4 Å². The topological polar surface area (TPSA) is 123 Å². The normalized spacial score (nSPS) is 14.5. The van der Waals surface area contributed by atoms with Gasteiger partial charge in [0.2, 0.25) is 5.91 Å². The zero-order valence-corrected chi connectivity index (χ0v) is 20.4. The Morgan fingerprint density at radius 3 is 2.68 bits per heavy atom. The number of halogens is 1. The number of nitro groups is 1. The first-order valence-electron chi connectivity index (χ1n) is 10.9. The number of nitrogens with one attached hydrogen (secondary N) is 1. The Morgan fingerprint density at radius 2 is 1.86 bits per heavy atom. The zero-order valence-electron chi connectivity index (χ0n) is 18.8. The summed E-state index contributed by atoms with van der Waals surface area (Å²) in [6.45, 7) is -0.447. The number of carbonyl (C=O) groups is 3. The van der Waals surface area contributed by atoms with E-state index in [0.29, 0.717) is 23.0 Å². The predicted octanol–water partition coefficient (Wildman–Crippen LogP) is 6.34. The summed E-state index contributed by atoms with van der Waals surface area (Å²) in [6.07, 6.45) is 1.38. The van der Waals surface area contributed by atoms with Crippen molar-refractivity contribution in [3.63, 3.8) is 0 Å². The number of imide groups is 1. The van der Waals surface area contributed by atoms with Gasteiger partial charge in [-0.3, -0.25) is 29.4 Å². The first-order chi connectivity index (χ1) is 17.8. The molecule has 9 nitrogen and oxygen atoms in total. The summed E-state index contributed by atoms with van der Waals surface area (Å²) >= 11 is 6.85. The van der Waals surface area contributed by atoms with Gasteiger partial charge in [-0.2, -0.15) is 0 Å². The fourth-order valence-electron chi connectivity index (χ4n) is 3.82. The van der Waals surface area contributed by atoms with Crippen LogP contribution in [0.2, 0.25) is 5.02 Å². The van der Waals surface area contributed by atoms with Gasteiger partial charge in [0.1, 0.15) is 18.1 Å². The van der Waals surface area contributed by atoms with Crippen LogP contribution < -0.4 is 5.32 Å². The number of amides is 3. The van der Waals surface area contributed by atoms with E-state index < -0.39 is 28.5 Å². The molecule has 4 aromatic rings. The minimum absolute atomic E-state index is 0.0778. The summed E-state index contributed by atoms with van der Waals surface area (Å²) in [6, 6.07) is 20.1. The van der Waals surface area contributed by atoms with Crippen LogP contribution in [0.3, 0.4) is 0 Å². The maximum Gasteiger partial charge on any atom is 0.294 e. The monoisotopic (exact) mass is 533 g/mol. The fourth-order valence-corrected chi connectivity index (χ4v) is 4.85. The molecule has 3 aromatic carbocycles. The molecule has 2 heterocycles. The maximum absolute atomic E-state index is 12.9. The lowest BCUT2D eigenvalue weighted by Gasteiger charge is -2.13. The van der Waals surface area contributed by atoms with Gasteiger partial charge < -0.3 is 9.73 Å². The van der Waals surface area contributed by atoms with Gasteiger partial charge in [0, 0.05) is 34.8 Å². The molecule has 37 heavy (non-hydrogen) atoms. The quantitative estimate of drug-likeness (QED) is 0.174. The molecule has 0 bridgehead atoms. The lowest BCUT2D eigenvalue weighted by atomic mass is 10.1. The molecule has 0 saturated carbocycles. The summed E-state index contributed by atoms with van der Waals surface area (Å²) in [5.41, 5.74) is 0.738. The van der Waals surface area contributed by atoms with Crippen LogP contribution in [-0.2, 0) is 9.59 Å². The molecule has 0 aliphatic carbocycles. The summed E-state index contributed by atoms with van der Waals surface area (Å²) in [4.78, 5) is 49.5. The number of fused-ring (bicyclic) bond motifs is 1. The number of nitro benzene ring substituents is 1. The number of rotatable bonds is 6. The van der Waals surface area contributed by atoms with E-state index in [-0.39, 0.29) is 27.1 Å². The van der Waals surface area contributed by atoms with Gasteiger partial charge in [-0.15, -0.1) is 0 Å². The Balaban J connectivity index is 1.31. The molecule has 0 radical (unpaired) electrons. The average Bonchev–Trinajstić information content (AvgIpc) is 3.44. The molecule has 0 atom stereocenters. The highest BCUT2D eigenvalue weighted by atomic mass is 35.5. The molecule has 11 heteroatoms. The van der Waals surface area contributed by atoms with Crippen LogP contribution in [-0.4, -0.2) is 33.4 Å². The van der Waals surface area contributed by atoms with Crippen molar-refractivity contribution in [3.8, 4) is 11.3 Å². The van der Waals surface area contributed by atoms with Crippen LogP contribution in [0.25, 0.3) is 28.2 Å². The second kappa shape index (κ2) is 9.92. The van der Waals surface area contributed by atoms with Crippen LogP contribution in [0.15, 0.2) is 82.1 Å². The van der Waals surface area contributed by atoms with Crippen molar-refractivity contribution in [2.45, 2.75) is 0 Å². The van der Waals surface area contributed by atoms with E-state index in [1.54, 1.807) is 24.3 Å². The highest BCUT2D eigenvalue weighted by Gasteiger charge is 2.36. The third-order valence-electron chi connectivity index (χ3n) is 5.57. The molecule has 1 aromatic heterocycles. The Morgan fingerprint density at radius 1 is 1.08 bits per heavy atom. The van der Waals surface area contributed by atoms with Gasteiger partial charge >= 0.3 is 0 Å². The van der Waals surface area contributed by atoms with E-state index in [1.165, 1.54) is 24.3 Å². The van der Waals surface area contributed by atoms with E-state index in [2.05, 4.69) is 5.32 Å². The van der Waals surface area contributed by atoms with Crippen LogP contribution in [0, 0.1) is 10.1 Å². The Bertz CT molecular complexity index is 1620. The number of thioether (sulfide) groups is 1. The molecule has 0 unspecified atom stereocenters. The molecule has 5 rings (SSSR count). The smallest absolute Gasteiger partial charge is 0.294 e. The highest BCUT2D eigenvalue weighted by molar-refractivity contribution is 8.18. The largest absolute Gasteiger partial charge is 0.457 e. The van der Waals surface area contributed by atoms with Gasteiger partial charge in [-0.05, 0) is 41.4 Å². The Kier molecular flexibility index (Phi) is 6.51. The summed E-state index contributed by atoms with van der Waals surface area (Å²) in [7, 11) is 0. The van der Waals surface area contributed by atoms with Crippen molar-refractivity contribution in [1.82, 2.24) is 4.90 Å². The standard InChI is InChI=1S/C26H16ClN3O6S/c27-20-10-8-16(30(34)35)12-19(20)22-11-9-17(36-22)13-23-25(32)29(26(33)37-23)14-24(31)28-21-7-3-5-15-4-1-2-6-18(15)21/h1-13H,14H2,(H,28,31)/b23-13+. The average molecular weight is 534 g/mol. The molecule has 1 aliphatic rings. The van der Waals surface area contributed by atoms with Crippen molar-refractivity contribution < 1.29 is 23.7 Å². The number of hydrogen-bond acceptors (Lipinski definition) is 7. The number of nitrogens with zero attached hydrogens (tertiary/aromatic N) is 2. The second-order valence-electron chi connectivity index (χ2n) is 7.97. The van der Waals surface area contributed by atoms with E-state index in [0.717, 1.165) is 15.7 Å². The number of non-ortho nitro benzene ring substituents is 1. The van der Waals surface area contributed by atoms with Crippen LogP contribution in [0.5, 0.6) is 0 Å². The number of carbonyl (C=O) groups excluding carboxylic acids is 3. The first-order valence-corrected chi connectivity index (χ1v) is 12.1. The van der Waals surface area contributed by atoms with E-state index in [9.17, 15) is 24.5 Å². The second-order valence-corrected chi connectivity index (χ2v) is 9.37. The van der Waals surface area contributed by atoms with Crippen LogP contribution in [0.4, 0.5) is 16.2 Å². The first kappa shape index (κ1) is 24.3. The SMILES string of the molecule is O=C(CN1C(=O)S/C(=C/c2ccc(-c3cc([N+](=O)[O-])ccc3Cl)o2)C1=O)Nc1cccc2ccccc12. The number of furan rings is 1. The third kappa shape index (κ3) is 4.97. The van der Waals surface area contributed by atoms with Gasteiger partial charge in [0.25, 0.3) is 16.8 Å². The molecule has 1 saturated heterocycles. The minimum atomic E-state index is -0.630. The molecule has 1 aliphatic heterocycles. The summed E-state index contributed by atoms with van der Waals surface area (Å²) < 4.78 is 5.71. The van der Waals surface area contributed by atoms with Crippen molar-refractivity contribution in [2.24, 2.45) is 0 Å². The fraction of sp³-hybridized carbons (Fsp3) is 0.0385. The summed E-state index contributed by atoms with van der Waals surface area (Å²) in [5.74, 6) is -0.646. The molecule has 0 spiro atoms. The van der Waals surface area contributed by atoms with Crippen LogP contribution in [0.1, 0.15) is 5.76 Å². The molecular weight excluding hydrogens is 518 g/mol. The highest BCUT2D eigenvalue weighted by Crippen LogP contribution is 2.36. The lowest BCUT2D eigenvalue weighted by molar-refractivity contribution is -0.384. The van der Waals surface area contributed by atoms with E-state index >= 15 is 0 Å². The number of anilines is 1.